The van der Waals surface area contributed by atoms with Crippen LogP contribution in [0.25, 0.3) is 0 Å². The number of carbonyl (C=O) groups excluding carboxylic acids is 1. The van der Waals surface area contributed by atoms with E-state index in [1.807, 2.05) is 27.1 Å². The molecule has 0 saturated carbocycles. The second kappa shape index (κ2) is 3.83. The first-order chi connectivity index (χ1) is 5.63. The minimum absolute atomic E-state index is 0.823. The van der Waals surface area contributed by atoms with Crippen LogP contribution in [0, 0.1) is 6.92 Å². The lowest BCUT2D eigenvalue weighted by Crippen LogP contribution is -2.09. The van der Waals surface area contributed by atoms with Gasteiger partial charge in [-0.1, -0.05) is 0 Å². The van der Waals surface area contributed by atoms with Gasteiger partial charge in [-0.15, -0.1) is 11.3 Å². The molecule has 3 heteroatoms. The average molecular weight is 183 g/mol. The van der Waals surface area contributed by atoms with Gasteiger partial charge in [0.25, 0.3) is 0 Å². The molecule has 1 aromatic heterocycles. The Hall–Kier alpha value is -0.670. The Kier molecular flexibility index (Phi) is 3.00. The fraction of sp³-hybridized carbons (Fsp3) is 0.444. The monoisotopic (exact) mass is 183 g/mol. The van der Waals surface area contributed by atoms with Crippen molar-refractivity contribution >= 4 is 17.6 Å². The predicted octanol–water partition coefficient (Wildman–Crippen LogP) is 1.93. The van der Waals surface area contributed by atoms with Gasteiger partial charge in [-0.05, 0) is 32.6 Å². The van der Waals surface area contributed by atoms with E-state index in [0.717, 1.165) is 17.7 Å². The van der Waals surface area contributed by atoms with Gasteiger partial charge in [0.1, 0.15) is 0 Å². The molecule has 0 aliphatic rings. The van der Waals surface area contributed by atoms with Gasteiger partial charge in [0.15, 0.2) is 6.29 Å². The van der Waals surface area contributed by atoms with E-state index in [0.29, 0.717) is 0 Å². The first-order valence-corrected chi connectivity index (χ1v) is 4.64. The summed E-state index contributed by atoms with van der Waals surface area (Å²) in [7, 11) is 4.06. The van der Waals surface area contributed by atoms with Crippen LogP contribution < -0.4 is 0 Å². The molecule has 0 bridgehead atoms. The molecule has 1 aromatic rings. The molecule has 12 heavy (non-hydrogen) atoms. The summed E-state index contributed by atoms with van der Waals surface area (Å²) in [4.78, 5) is 14.7. The predicted molar refractivity (Wildman–Crippen MR) is 51.8 cm³/mol. The standard InChI is InChI=1S/C9H13NOS/c1-7-4-8(6-11)12-9(7)5-10(2)3/h4,6H,5H2,1-3H3. The number of hydrogen-bond acceptors (Lipinski definition) is 3. The normalized spacial score (nSPS) is 10.7. The van der Waals surface area contributed by atoms with Crippen LogP contribution in [0.2, 0.25) is 0 Å². The SMILES string of the molecule is Cc1cc(C=O)sc1CN(C)C. The van der Waals surface area contributed by atoms with Crippen molar-refractivity contribution in [3.8, 4) is 0 Å². The third-order valence-corrected chi connectivity index (χ3v) is 2.76. The van der Waals surface area contributed by atoms with Crippen molar-refractivity contribution in [2.45, 2.75) is 13.5 Å². The van der Waals surface area contributed by atoms with E-state index >= 15 is 0 Å². The lowest BCUT2D eigenvalue weighted by molar-refractivity contribution is 0.112. The second-order valence-electron chi connectivity index (χ2n) is 3.11. The summed E-state index contributed by atoms with van der Waals surface area (Å²) in [6, 6.07) is 1.94. The maximum absolute atomic E-state index is 10.5. The Bertz CT molecular complexity index is 278. The summed E-state index contributed by atoms with van der Waals surface area (Å²) in [5.74, 6) is 0. The lowest BCUT2D eigenvalue weighted by atomic mass is 10.2. The minimum Gasteiger partial charge on any atom is -0.304 e. The molecule has 0 unspecified atom stereocenters. The zero-order valence-electron chi connectivity index (χ0n) is 7.63. The van der Waals surface area contributed by atoms with Crippen molar-refractivity contribution < 1.29 is 4.79 Å². The molecule has 66 valence electrons. The minimum atomic E-state index is 0.823. The fourth-order valence-corrected chi connectivity index (χ4v) is 2.16. The van der Waals surface area contributed by atoms with Crippen molar-refractivity contribution in [1.29, 1.82) is 0 Å². The topological polar surface area (TPSA) is 20.3 Å². The number of carbonyl (C=O) groups is 1. The van der Waals surface area contributed by atoms with Crippen LogP contribution in [0.4, 0.5) is 0 Å². The van der Waals surface area contributed by atoms with Crippen molar-refractivity contribution in [2.24, 2.45) is 0 Å². The Labute approximate surface area is 76.8 Å². The van der Waals surface area contributed by atoms with Gasteiger partial charge in [0.2, 0.25) is 0 Å². The molecule has 2 nitrogen and oxygen atoms in total. The third-order valence-electron chi connectivity index (χ3n) is 1.62. The lowest BCUT2D eigenvalue weighted by Gasteiger charge is -2.07. The molecule has 0 aliphatic heterocycles. The molecule has 1 rings (SSSR count). The van der Waals surface area contributed by atoms with Crippen molar-refractivity contribution in [1.82, 2.24) is 4.90 Å². The highest BCUT2D eigenvalue weighted by Gasteiger charge is 2.04. The number of nitrogens with zero attached hydrogens (tertiary/aromatic N) is 1. The zero-order valence-corrected chi connectivity index (χ0v) is 8.44. The first-order valence-electron chi connectivity index (χ1n) is 3.82. The Morgan fingerprint density at radius 1 is 1.58 bits per heavy atom. The highest BCUT2D eigenvalue weighted by Crippen LogP contribution is 2.21. The molecular formula is C9H13NOS. The van der Waals surface area contributed by atoms with Crippen LogP contribution in [0.1, 0.15) is 20.1 Å². The van der Waals surface area contributed by atoms with E-state index in [-0.39, 0.29) is 0 Å². The summed E-state index contributed by atoms with van der Waals surface area (Å²) in [5, 5.41) is 0. The van der Waals surface area contributed by atoms with Gasteiger partial charge in [-0.2, -0.15) is 0 Å². The van der Waals surface area contributed by atoms with Gasteiger partial charge >= 0.3 is 0 Å². The molecule has 0 amide bonds. The van der Waals surface area contributed by atoms with Crippen LogP contribution in [0.15, 0.2) is 6.07 Å². The highest BCUT2D eigenvalue weighted by atomic mass is 32.1. The van der Waals surface area contributed by atoms with Crippen LogP contribution in [-0.2, 0) is 6.54 Å². The Balaban J connectivity index is 2.84. The highest BCUT2D eigenvalue weighted by molar-refractivity contribution is 7.13. The van der Waals surface area contributed by atoms with Crippen LogP contribution in [0.3, 0.4) is 0 Å². The second-order valence-corrected chi connectivity index (χ2v) is 4.28. The summed E-state index contributed by atoms with van der Waals surface area (Å²) >= 11 is 1.58. The van der Waals surface area contributed by atoms with E-state index in [4.69, 9.17) is 0 Å². The van der Waals surface area contributed by atoms with E-state index in [1.165, 1.54) is 10.4 Å². The smallest absolute Gasteiger partial charge is 0.160 e. The van der Waals surface area contributed by atoms with Gasteiger partial charge in [0.05, 0.1) is 4.88 Å². The summed E-state index contributed by atoms with van der Waals surface area (Å²) < 4.78 is 0. The molecule has 0 spiro atoms. The molecule has 0 radical (unpaired) electrons. The fourth-order valence-electron chi connectivity index (χ4n) is 1.05. The van der Waals surface area contributed by atoms with Crippen LogP contribution >= 0.6 is 11.3 Å². The summed E-state index contributed by atoms with van der Waals surface area (Å²) in [6.45, 7) is 2.96. The van der Waals surface area contributed by atoms with E-state index in [9.17, 15) is 4.79 Å². The molecule has 0 saturated heterocycles. The maximum Gasteiger partial charge on any atom is 0.160 e. The number of thiophene rings is 1. The molecular weight excluding hydrogens is 170 g/mol. The van der Waals surface area contributed by atoms with Crippen molar-refractivity contribution in [3.05, 3.63) is 21.4 Å². The van der Waals surface area contributed by atoms with E-state index in [2.05, 4.69) is 4.90 Å². The number of aldehydes is 1. The van der Waals surface area contributed by atoms with E-state index in [1.54, 1.807) is 11.3 Å². The van der Waals surface area contributed by atoms with Crippen LogP contribution in [-0.4, -0.2) is 25.3 Å². The first kappa shape index (κ1) is 9.42. The quantitative estimate of drug-likeness (QED) is 0.667. The largest absolute Gasteiger partial charge is 0.304 e. The number of rotatable bonds is 3. The molecule has 0 fully saturated rings. The van der Waals surface area contributed by atoms with Crippen molar-refractivity contribution in [3.63, 3.8) is 0 Å². The molecule has 0 N–H and O–H groups in total. The zero-order chi connectivity index (χ0) is 9.14. The Morgan fingerprint density at radius 2 is 2.25 bits per heavy atom. The van der Waals surface area contributed by atoms with E-state index < -0.39 is 0 Å². The summed E-state index contributed by atoms with van der Waals surface area (Å²) in [6.07, 6.45) is 0.914. The Morgan fingerprint density at radius 3 is 2.67 bits per heavy atom. The number of hydrogen-bond donors (Lipinski definition) is 0. The van der Waals surface area contributed by atoms with Crippen LogP contribution in [0.5, 0.6) is 0 Å². The van der Waals surface area contributed by atoms with Gasteiger partial charge in [-0.3, -0.25) is 4.79 Å². The number of aryl methyl sites for hydroxylation is 1. The third kappa shape index (κ3) is 2.16. The molecule has 1 heterocycles. The van der Waals surface area contributed by atoms with Gasteiger partial charge < -0.3 is 4.90 Å². The molecule has 0 aromatic carbocycles. The molecule has 0 aliphatic carbocycles. The van der Waals surface area contributed by atoms with Gasteiger partial charge in [0, 0.05) is 11.4 Å². The average Bonchev–Trinajstić information content (AvgIpc) is 2.31. The molecule has 0 atom stereocenters. The summed E-state index contributed by atoms with van der Waals surface area (Å²) in [5.41, 5.74) is 1.22. The van der Waals surface area contributed by atoms with Crippen molar-refractivity contribution in [2.75, 3.05) is 14.1 Å². The van der Waals surface area contributed by atoms with Gasteiger partial charge in [-0.25, -0.2) is 0 Å². The maximum atomic E-state index is 10.5.